The zero-order valence-corrected chi connectivity index (χ0v) is 11.1. The summed E-state index contributed by atoms with van der Waals surface area (Å²) in [6, 6.07) is 1.48. The lowest BCUT2D eigenvalue weighted by atomic mass is 10.2. The number of hydrogen-bond donors (Lipinski definition) is 1. The molecule has 4 nitrogen and oxygen atoms in total. The number of benzene rings is 1. The number of halogens is 3. The summed E-state index contributed by atoms with van der Waals surface area (Å²) < 4.78 is 36.8. The first-order valence-electron chi connectivity index (χ1n) is 4.50. The second-order valence-corrected chi connectivity index (χ2v) is 5.88. The van der Waals surface area contributed by atoms with E-state index in [9.17, 15) is 17.6 Å². The Labute approximate surface area is 113 Å². The second-order valence-electron chi connectivity index (χ2n) is 3.21. The molecule has 0 fully saturated rings. The van der Waals surface area contributed by atoms with Crippen molar-refractivity contribution in [3.63, 3.8) is 0 Å². The summed E-state index contributed by atoms with van der Waals surface area (Å²) in [4.78, 5) is 10.3. The maximum atomic E-state index is 13.3. The third-order valence-electron chi connectivity index (χ3n) is 2.00. The Kier molecular flexibility index (Phi) is 4.72. The molecular formula is C10H7Cl2FO4S. The summed E-state index contributed by atoms with van der Waals surface area (Å²) in [6.07, 6.45) is 1.14. The normalized spacial score (nSPS) is 11.9. The number of carboxylic acids is 1. The highest BCUT2D eigenvalue weighted by atomic mass is 35.5. The van der Waals surface area contributed by atoms with Crippen LogP contribution in [0.15, 0.2) is 28.6 Å². The van der Waals surface area contributed by atoms with Gasteiger partial charge in [0, 0.05) is 5.54 Å². The van der Waals surface area contributed by atoms with E-state index in [1.807, 2.05) is 0 Å². The Morgan fingerprint density at radius 2 is 2.06 bits per heavy atom. The highest BCUT2D eigenvalue weighted by molar-refractivity contribution is 7.91. The molecule has 0 saturated heterocycles. The van der Waals surface area contributed by atoms with E-state index in [4.69, 9.17) is 28.3 Å². The molecule has 1 aromatic carbocycles. The van der Waals surface area contributed by atoms with Gasteiger partial charge in [-0.25, -0.2) is 17.6 Å². The number of carbonyl (C=O) groups is 1. The highest BCUT2D eigenvalue weighted by Crippen LogP contribution is 2.25. The molecule has 0 radical (unpaired) electrons. The fraction of sp³-hybridized carbons (Fsp3) is 0.100. The van der Waals surface area contributed by atoms with Crippen molar-refractivity contribution in [1.29, 1.82) is 0 Å². The van der Waals surface area contributed by atoms with E-state index >= 15 is 0 Å². The van der Waals surface area contributed by atoms with Crippen molar-refractivity contribution in [2.75, 3.05) is 5.75 Å². The number of sulfone groups is 1. The summed E-state index contributed by atoms with van der Waals surface area (Å²) >= 11 is 10.6. The molecule has 0 heterocycles. The summed E-state index contributed by atoms with van der Waals surface area (Å²) in [7, 11) is -3.85. The molecule has 1 N–H and O–H groups in total. The van der Waals surface area contributed by atoms with E-state index in [-0.39, 0.29) is 0 Å². The molecule has 0 bridgehead atoms. The largest absolute Gasteiger partial charge is 0.478 e. The molecule has 98 valence electrons. The van der Waals surface area contributed by atoms with Crippen molar-refractivity contribution in [2.45, 2.75) is 4.90 Å². The zero-order valence-electron chi connectivity index (χ0n) is 8.73. The van der Waals surface area contributed by atoms with Gasteiger partial charge in [-0.1, -0.05) is 29.3 Å². The van der Waals surface area contributed by atoms with E-state index in [0.29, 0.717) is 6.07 Å². The van der Waals surface area contributed by atoms with Crippen LogP contribution in [0.3, 0.4) is 0 Å². The Hall–Kier alpha value is -1.11. The van der Waals surface area contributed by atoms with Crippen molar-refractivity contribution in [3.05, 3.63) is 40.1 Å². The molecule has 0 amide bonds. The van der Waals surface area contributed by atoms with Gasteiger partial charge in [0.05, 0.1) is 21.2 Å². The first-order valence-corrected chi connectivity index (χ1v) is 6.96. The topological polar surface area (TPSA) is 71.4 Å². The van der Waals surface area contributed by atoms with Gasteiger partial charge in [-0.3, -0.25) is 0 Å². The van der Waals surface area contributed by atoms with E-state index in [1.54, 1.807) is 0 Å². The van der Waals surface area contributed by atoms with Crippen LogP contribution in [0, 0.1) is 5.82 Å². The van der Waals surface area contributed by atoms with Gasteiger partial charge in [0.1, 0.15) is 5.82 Å². The third-order valence-corrected chi connectivity index (χ3v) is 4.14. The molecule has 18 heavy (non-hydrogen) atoms. The third kappa shape index (κ3) is 3.22. The average molecular weight is 313 g/mol. The van der Waals surface area contributed by atoms with Crippen molar-refractivity contribution in [2.24, 2.45) is 0 Å². The molecule has 8 heteroatoms. The lowest BCUT2D eigenvalue weighted by Crippen LogP contribution is -2.08. The van der Waals surface area contributed by atoms with Crippen LogP contribution in [-0.2, 0) is 9.84 Å². The number of rotatable bonds is 4. The Morgan fingerprint density at radius 3 is 2.56 bits per heavy atom. The smallest absolute Gasteiger partial charge is 0.337 e. The Balaban J connectivity index is 3.40. The Bertz CT molecular complexity index is 611. The van der Waals surface area contributed by atoms with Crippen molar-refractivity contribution in [3.8, 4) is 0 Å². The second kappa shape index (κ2) is 5.69. The van der Waals surface area contributed by atoms with Crippen LogP contribution in [0.25, 0.3) is 0 Å². The predicted octanol–water partition coefficient (Wildman–Crippen LogP) is 2.70. The maximum absolute atomic E-state index is 13.3. The van der Waals surface area contributed by atoms with Gasteiger partial charge in [0.2, 0.25) is 0 Å². The van der Waals surface area contributed by atoms with E-state index in [0.717, 1.165) is 17.7 Å². The minimum absolute atomic E-state index is 0.462. The molecule has 0 aliphatic rings. The van der Waals surface area contributed by atoms with E-state index in [1.165, 1.54) is 0 Å². The van der Waals surface area contributed by atoms with Crippen LogP contribution in [0.1, 0.15) is 10.4 Å². The fourth-order valence-corrected chi connectivity index (χ4v) is 2.67. The predicted molar refractivity (Wildman–Crippen MR) is 65.4 cm³/mol. The van der Waals surface area contributed by atoms with Crippen LogP contribution < -0.4 is 0 Å². The maximum Gasteiger partial charge on any atom is 0.337 e. The lowest BCUT2D eigenvalue weighted by Gasteiger charge is -2.06. The molecule has 1 aromatic rings. The van der Waals surface area contributed by atoms with Crippen molar-refractivity contribution >= 4 is 39.0 Å². The molecule has 0 aliphatic carbocycles. The standard InChI is InChI=1S/C10H7Cl2FO4S/c11-2-1-3-18(16,17)6-4-7(10(14)15)9(12)8(13)5-6/h1-2,4-5H,3H2,(H,14,15)/b2-1+. The van der Waals surface area contributed by atoms with E-state index < -0.39 is 42.9 Å². The highest BCUT2D eigenvalue weighted by Gasteiger charge is 2.21. The van der Waals surface area contributed by atoms with Gasteiger partial charge in [-0.15, -0.1) is 0 Å². The molecule has 0 unspecified atom stereocenters. The Morgan fingerprint density at radius 1 is 1.44 bits per heavy atom. The lowest BCUT2D eigenvalue weighted by molar-refractivity contribution is 0.0696. The first kappa shape index (κ1) is 14.9. The number of aromatic carboxylic acids is 1. The molecule has 0 aromatic heterocycles. The van der Waals surface area contributed by atoms with Gasteiger partial charge in [-0.05, 0) is 12.1 Å². The van der Waals surface area contributed by atoms with Gasteiger partial charge >= 0.3 is 5.97 Å². The summed E-state index contributed by atoms with van der Waals surface area (Å²) in [5.74, 6) is -3.08. The van der Waals surface area contributed by atoms with Crippen LogP contribution in [0.4, 0.5) is 4.39 Å². The first-order chi connectivity index (χ1) is 8.29. The fourth-order valence-electron chi connectivity index (χ4n) is 1.16. The quantitative estimate of drug-likeness (QED) is 0.928. The summed E-state index contributed by atoms with van der Waals surface area (Å²) in [6.45, 7) is 0. The van der Waals surface area contributed by atoms with Crippen LogP contribution in [0.2, 0.25) is 5.02 Å². The van der Waals surface area contributed by atoms with Crippen molar-refractivity contribution < 1.29 is 22.7 Å². The van der Waals surface area contributed by atoms with Gasteiger partial charge in [0.25, 0.3) is 0 Å². The van der Waals surface area contributed by atoms with E-state index in [2.05, 4.69) is 0 Å². The zero-order chi connectivity index (χ0) is 13.9. The molecule has 0 aliphatic heterocycles. The summed E-state index contributed by atoms with van der Waals surface area (Å²) in [5.41, 5.74) is 0.396. The molecular weight excluding hydrogens is 306 g/mol. The molecule has 0 atom stereocenters. The minimum atomic E-state index is -3.85. The number of carboxylic acid groups (broad SMARTS) is 1. The molecule has 1 rings (SSSR count). The number of hydrogen-bond acceptors (Lipinski definition) is 3. The van der Waals surface area contributed by atoms with Crippen LogP contribution in [0.5, 0.6) is 0 Å². The SMILES string of the molecule is O=C(O)c1cc(S(=O)(=O)C/C=C/Cl)cc(F)c1Cl. The summed E-state index contributed by atoms with van der Waals surface area (Å²) in [5, 5.41) is 8.15. The van der Waals surface area contributed by atoms with Gasteiger partial charge in [-0.2, -0.15) is 0 Å². The van der Waals surface area contributed by atoms with Crippen molar-refractivity contribution in [1.82, 2.24) is 0 Å². The van der Waals surface area contributed by atoms with Crippen LogP contribution >= 0.6 is 23.2 Å². The van der Waals surface area contributed by atoms with Crippen LogP contribution in [-0.4, -0.2) is 25.2 Å². The van der Waals surface area contributed by atoms with Gasteiger partial charge < -0.3 is 5.11 Å². The molecule has 0 saturated carbocycles. The average Bonchev–Trinajstić information content (AvgIpc) is 2.29. The monoisotopic (exact) mass is 312 g/mol. The minimum Gasteiger partial charge on any atom is -0.478 e. The molecule has 0 spiro atoms. The van der Waals surface area contributed by atoms with Gasteiger partial charge in [0.15, 0.2) is 9.84 Å².